The van der Waals surface area contributed by atoms with Crippen LogP contribution in [0.25, 0.3) is 10.9 Å². The van der Waals surface area contributed by atoms with Gasteiger partial charge in [0.2, 0.25) is 0 Å². The van der Waals surface area contributed by atoms with Crippen LogP contribution >= 0.6 is 0 Å². The van der Waals surface area contributed by atoms with Crippen molar-refractivity contribution in [3.05, 3.63) is 42.1 Å². The van der Waals surface area contributed by atoms with Crippen LogP contribution in [0.5, 0.6) is 0 Å². The number of hydrogen-bond acceptors (Lipinski definition) is 3. The molecule has 1 heterocycles. The molecule has 1 atom stereocenters. The van der Waals surface area contributed by atoms with Crippen LogP contribution in [0.4, 0.5) is 0 Å². The van der Waals surface area contributed by atoms with Gasteiger partial charge >= 0.3 is 5.97 Å². The predicted octanol–water partition coefficient (Wildman–Crippen LogP) is 2.43. The summed E-state index contributed by atoms with van der Waals surface area (Å²) in [5.74, 6) is -0.765. The van der Waals surface area contributed by atoms with Gasteiger partial charge in [0, 0.05) is 18.1 Å². The Balaban J connectivity index is 2.20. The van der Waals surface area contributed by atoms with E-state index < -0.39 is 12.0 Å². The number of rotatable bonds is 5. The molecule has 2 aromatic rings. The Kier molecular flexibility index (Phi) is 4.12. The van der Waals surface area contributed by atoms with E-state index in [-0.39, 0.29) is 5.92 Å². The summed E-state index contributed by atoms with van der Waals surface area (Å²) in [4.78, 5) is 15.4. The van der Waals surface area contributed by atoms with Crippen molar-refractivity contribution < 1.29 is 9.90 Å². The molecule has 0 saturated carbocycles. The summed E-state index contributed by atoms with van der Waals surface area (Å²) in [7, 11) is 0. The number of carboxylic acids is 1. The standard InChI is InChI=1S/C15H18N2O2/c1-10(2)14(15(18)19)17-9-11-7-8-16-13-6-4-3-5-12(11)13/h3-8,10,14,17H,9H2,1-2H3,(H,18,19). The van der Waals surface area contributed by atoms with Crippen LogP contribution in [0, 0.1) is 5.92 Å². The van der Waals surface area contributed by atoms with Crippen molar-refractivity contribution in [3.63, 3.8) is 0 Å². The van der Waals surface area contributed by atoms with Crippen molar-refractivity contribution in [2.45, 2.75) is 26.4 Å². The lowest BCUT2D eigenvalue weighted by molar-refractivity contribution is -0.140. The second-order valence-corrected chi connectivity index (χ2v) is 4.93. The Morgan fingerprint density at radius 2 is 2.05 bits per heavy atom. The van der Waals surface area contributed by atoms with E-state index in [4.69, 9.17) is 5.11 Å². The molecule has 1 aromatic heterocycles. The number of aliphatic carboxylic acids is 1. The van der Waals surface area contributed by atoms with E-state index in [9.17, 15) is 4.79 Å². The Morgan fingerprint density at radius 1 is 1.32 bits per heavy atom. The summed E-state index contributed by atoms with van der Waals surface area (Å²) >= 11 is 0. The summed E-state index contributed by atoms with van der Waals surface area (Å²) < 4.78 is 0. The summed E-state index contributed by atoms with van der Waals surface area (Å²) in [6.07, 6.45) is 1.75. The first-order chi connectivity index (χ1) is 9.09. The minimum absolute atomic E-state index is 0.0469. The Labute approximate surface area is 112 Å². The number of benzene rings is 1. The highest BCUT2D eigenvalue weighted by Gasteiger charge is 2.20. The average Bonchev–Trinajstić information content (AvgIpc) is 2.38. The fourth-order valence-electron chi connectivity index (χ4n) is 2.14. The van der Waals surface area contributed by atoms with E-state index in [0.717, 1.165) is 16.5 Å². The van der Waals surface area contributed by atoms with Gasteiger partial charge in [-0.05, 0) is 23.6 Å². The molecule has 0 aliphatic heterocycles. The highest BCUT2D eigenvalue weighted by molar-refractivity contribution is 5.82. The fraction of sp³-hybridized carbons (Fsp3) is 0.333. The molecule has 0 aliphatic rings. The molecule has 0 spiro atoms. The van der Waals surface area contributed by atoms with Crippen LogP contribution in [-0.4, -0.2) is 22.1 Å². The lowest BCUT2D eigenvalue weighted by Crippen LogP contribution is -2.40. The molecule has 0 aliphatic carbocycles. The summed E-state index contributed by atoms with van der Waals surface area (Å²) in [5, 5.41) is 13.3. The van der Waals surface area contributed by atoms with Crippen LogP contribution in [0.2, 0.25) is 0 Å². The number of nitrogens with one attached hydrogen (secondary N) is 1. The monoisotopic (exact) mass is 258 g/mol. The Bertz CT molecular complexity index is 576. The van der Waals surface area contributed by atoms with Gasteiger partial charge in [0.15, 0.2) is 0 Å². The molecule has 1 unspecified atom stereocenters. The number of hydrogen-bond donors (Lipinski definition) is 2. The van der Waals surface area contributed by atoms with E-state index >= 15 is 0 Å². The first kappa shape index (κ1) is 13.5. The van der Waals surface area contributed by atoms with Crippen molar-refractivity contribution in [1.29, 1.82) is 0 Å². The molecule has 100 valence electrons. The maximum Gasteiger partial charge on any atom is 0.320 e. The molecule has 19 heavy (non-hydrogen) atoms. The third-order valence-corrected chi connectivity index (χ3v) is 3.18. The van der Waals surface area contributed by atoms with Gasteiger partial charge < -0.3 is 10.4 Å². The SMILES string of the molecule is CC(C)C(NCc1ccnc2ccccc12)C(=O)O. The van der Waals surface area contributed by atoms with Gasteiger partial charge in [-0.3, -0.25) is 9.78 Å². The van der Waals surface area contributed by atoms with Crippen molar-refractivity contribution in [2.24, 2.45) is 5.92 Å². The molecular weight excluding hydrogens is 240 g/mol. The van der Waals surface area contributed by atoms with Crippen molar-refractivity contribution in [1.82, 2.24) is 10.3 Å². The molecule has 0 amide bonds. The lowest BCUT2D eigenvalue weighted by Gasteiger charge is -2.18. The highest BCUT2D eigenvalue weighted by atomic mass is 16.4. The highest BCUT2D eigenvalue weighted by Crippen LogP contribution is 2.16. The third kappa shape index (κ3) is 3.09. The van der Waals surface area contributed by atoms with E-state index in [1.165, 1.54) is 0 Å². The van der Waals surface area contributed by atoms with Gasteiger partial charge in [0.1, 0.15) is 6.04 Å². The largest absolute Gasteiger partial charge is 0.480 e. The zero-order valence-electron chi connectivity index (χ0n) is 11.1. The number of aromatic nitrogens is 1. The molecule has 2 N–H and O–H groups in total. The van der Waals surface area contributed by atoms with Crippen molar-refractivity contribution in [3.8, 4) is 0 Å². The molecule has 4 nitrogen and oxygen atoms in total. The average molecular weight is 258 g/mol. The van der Waals surface area contributed by atoms with Crippen molar-refractivity contribution >= 4 is 16.9 Å². The van der Waals surface area contributed by atoms with E-state index in [1.807, 2.05) is 44.2 Å². The summed E-state index contributed by atoms with van der Waals surface area (Å²) in [6, 6.07) is 9.26. The van der Waals surface area contributed by atoms with E-state index in [0.29, 0.717) is 6.54 Å². The van der Waals surface area contributed by atoms with E-state index in [1.54, 1.807) is 6.20 Å². The number of nitrogens with zero attached hydrogens (tertiary/aromatic N) is 1. The normalized spacial score (nSPS) is 12.8. The maximum absolute atomic E-state index is 11.2. The molecular formula is C15H18N2O2. The second-order valence-electron chi connectivity index (χ2n) is 4.93. The van der Waals surface area contributed by atoms with Gasteiger partial charge in [-0.15, -0.1) is 0 Å². The topological polar surface area (TPSA) is 62.2 Å². The number of pyridine rings is 1. The Hall–Kier alpha value is -1.94. The van der Waals surface area contributed by atoms with Crippen molar-refractivity contribution in [2.75, 3.05) is 0 Å². The molecule has 0 saturated heterocycles. The number of fused-ring (bicyclic) bond motifs is 1. The molecule has 1 aromatic carbocycles. The predicted molar refractivity (Wildman–Crippen MR) is 74.8 cm³/mol. The summed E-state index contributed by atoms with van der Waals surface area (Å²) in [6.45, 7) is 4.32. The fourth-order valence-corrected chi connectivity index (χ4v) is 2.14. The van der Waals surface area contributed by atoms with Crippen LogP contribution in [-0.2, 0) is 11.3 Å². The number of carboxylic acid groups (broad SMARTS) is 1. The van der Waals surface area contributed by atoms with Gasteiger partial charge in [-0.2, -0.15) is 0 Å². The third-order valence-electron chi connectivity index (χ3n) is 3.18. The van der Waals surface area contributed by atoms with Crippen LogP contribution in [0.15, 0.2) is 36.5 Å². The van der Waals surface area contributed by atoms with Gasteiger partial charge in [-0.25, -0.2) is 0 Å². The maximum atomic E-state index is 11.2. The van der Waals surface area contributed by atoms with Gasteiger partial charge in [-0.1, -0.05) is 32.0 Å². The lowest BCUT2D eigenvalue weighted by atomic mass is 10.0. The van der Waals surface area contributed by atoms with E-state index in [2.05, 4.69) is 10.3 Å². The Morgan fingerprint density at radius 3 is 2.74 bits per heavy atom. The molecule has 0 radical (unpaired) electrons. The van der Waals surface area contributed by atoms with Crippen LogP contribution < -0.4 is 5.32 Å². The zero-order valence-corrected chi connectivity index (χ0v) is 11.1. The second kappa shape index (κ2) is 5.80. The minimum atomic E-state index is -0.812. The quantitative estimate of drug-likeness (QED) is 0.864. The first-order valence-electron chi connectivity index (χ1n) is 6.38. The molecule has 4 heteroatoms. The molecule has 0 bridgehead atoms. The molecule has 0 fully saturated rings. The zero-order chi connectivity index (χ0) is 13.8. The smallest absolute Gasteiger partial charge is 0.320 e. The van der Waals surface area contributed by atoms with Gasteiger partial charge in [0.05, 0.1) is 5.52 Å². The van der Waals surface area contributed by atoms with Crippen LogP contribution in [0.3, 0.4) is 0 Å². The minimum Gasteiger partial charge on any atom is -0.480 e. The van der Waals surface area contributed by atoms with Gasteiger partial charge in [0.25, 0.3) is 0 Å². The number of carbonyl (C=O) groups is 1. The summed E-state index contributed by atoms with van der Waals surface area (Å²) in [5.41, 5.74) is 2.00. The molecule has 2 rings (SSSR count). The number of para-hydroxylation sites is 1. The first-order valence-corrected chi connectivity index (χ1v) is 6.38. The van der Waals surface area contributed by atoms with Crippen LogP contribution in [0.1, 0.15) is 19.4 Å².